The smallest absolute Gasteiger partial charge is 0.369 e. The first kappa shape index (κ1) is 27.8. The molecule has 2 aromatic heterocycles. The van der Waals surface area contributed by atoms with E-state index in [4.69, 9.17) is 19.6 Å². The Morgan fingerprint density at radius 3 is 2.66 bits per heavy atom. The molecule has 13 nitrogen and oxygen atoms in total. The largest absolute Gasteiger partial charge is 0.529 e. The minimum Gasteiger partial charge on any atom is -0.369 e. The van der Waals surface area contributed by atoms with Crippen molar-refractivity contribution in [1.82, 2.24) is 24.6 Å². The van der Waals surface area contributed by atoms with E-state index in [9.17, 15) is 14.3 Å². The molecule has 14 heteroatoms. The predicted molar refractivity (Wildman–Crippen MR) is 150 cm³/mol. The fourth-order valence-corrected chi connectivity index (χ4v) is 6.11. The molecule has 0 amide bonds. The van der Waals surface area contributed by atoms with E-state index >= 15 is 0 Å². The van der Waals surface area contributed by atoms with Gasteiger partial charge in [0.1, 0.15) is 0 Å². The van der Waals surface area contributed by atoms with Gasteiger partial charge >= 0.3 is 13.8 Å². The zero-order valence-electron chi connectivity index (χ0n) is 22.9. The molecule has 0 saturated heterocycles. The van der Waals surface area contributed by atoms with Crippen LogP contribution >= 0.6 is 7.82 Å². The number of hydrogen-bond donors (Lipinski definition) is 3. The minimum atomic E-state index is -4.75. The summed E-state index contributed by atoms with van der Waals surface area (Å²) >= 11 is 0. The highest BCUT2D eigenvalue weighted by Crippen LogP contribution is 2.49. The zero-order chi connectivity index (χ0) is 28.8. The first-order valence-corrected chi connectivity index (χ1v) is 15.2. The van der Waals surface area contributed by atoms with Gasteiger partial charge in [0, 0.05) is 18.0 Å². The van der Waals surface area contributed by atoms with Crippen LogP contribution in [-0.2, 0) is 28.8 Å². The highest BCUT2D eigenvalue weighted by molar-refractivity contribution is 7.48. The van der Waals surface area contributed by atoms with E-state index in [0.29, 0.717) is 35.0 Å². The molecular weight excluding hydrogens is 549 g/mol. The maximum Gasteiger partial charge on any atom is 0.529 e. The molecule has 2 heterocycles. The lowest BCUT2D eigenvalue weighted by Gasteiger charge is -2.37. The van der Waals surface area contributed by atoms with Gasteiger partial charge in [-0.15, -0.1) is 0 Å². The summed E-state index contributed by atoms with van der Waals surface area (Å²) in [6.45, 7) is 1.50. The third-order valence-electron chi connectivity index (χ3n) is 7.76. The van der Waals surface area contributed by atoms with Gasteiger partial charge in [0.25, 0.3) is 0 Å². The number of nitrogens with one attached hydrogen (secondary N) is 1. The lowest BCUT2D eigenvalue weighted by molar-refractivity contribution is -0.219. The Bertz CT molecular complexity index is 1510. The van der Waals surface area contributed by atoms with Crippen molar-refractivity contribution in [3.05, 3.63) is 54.4 Å². The van der Waals surface area contributed by atoms with Crippen LogP contribution in [0.2, 0.25) is 0 Å². The molecule has 0 spiro atoms. The molecular formula is C27H34N7O6P. The number of phosphoric acid groups is 1. The second-order valence-electron chi connectivity index (χ2n) is 10.9. The van der Waals surface area contributed by atoms with Crippen LogP contribution in [0.1, 0.15) is 50.6 Å². The van der Waals surface area contributed by atoms with E-state index in [0.717, 1.165) is 25.7 Å². The summed E-state index contributed by atoms with van der Waals surface area (Å²) in [5.74, 6) is -0.360. The standard InChI is InChI=1S/C27H34N7O6P/c1-27(18-6-4-3-5-7-18,34(38-2)20-12-13-20)25(35)40-41(36,37)39-15-17-8-11-21(14-17)33-16-29-22-23(30-19-9-10-19)31-26(28)32-24(22)33/h3-8,11,16-17,19-21H,9-10,12-15H2,1-2H3,(H,36,37)(H3,28,30,31,32)/t17-,21+,27-/m1/s1. The van der Waals surface area contributed by atoms with Crippen LogP contribution in [0.5, 0.6) is 0 Å². The molecule has 41 heavy (non-hydrogen) atoms. The van der Waals surface area contributed by atoms with Gasteiger partial charge in [0.2, 0.25) is 5.95 Å². The van der Waals surface area contributed by atoms with Crippen LogP contribution in [0.25, 0.3) is 11.2 Å². The lowest BCUT2D eigenvalue weighted by atomic mass is 9.91. The number of carbonyl (C=O) groups is 1. The van der Waals surface area contributed by atoms with Crippen molar-refractivity contribution < 1.29 is 28.1 Å². The van der Waals surface area contributed by atoms with Gasteiger partial charge in [-0.3, -0.25) is 9.42 Å². The molecule has 6 rings (SSSR count). The molecule has 4 N–H and O–H groups in total. The van der Waals surface area contributed by atoms with Crippen LogP contribution < -0.4 is 11.1 Å². The predicted octanol–water partition coefficient (Wildman–Crippen LogP) is 3.70. The number of imidazole rings is 1. The van der Waals surface area contributed by atoms with Gasteiger partial charge in [0.05, 0.1) is 26.1 Å². The van der Waals surface area contributed by atoms with Crippen molar-refractivity contribution in [2.45, 2.75) is 62.7 Å². The van der Waals surface area contributed by atoms with Gasteiger partial charge in [-0.25, -0.2) is 14.3 Å². The molecule has 2 fully saturated rings. The first-order chi connectivity index (χ1) is 19.7. The zero-order valence-corrected chi connectivity index (χ0v) is 23.8. The molecule has 3 aliphatic rings. The SMILES string of the molecule is CON(C1CC1)[C@@](C)(C(=O)OP(=O)(O)OC[C@@H]1C=C[C@H](n2cnc3c(NC4CC4)nc(N)nc32)C1)c1ccccc1. The van der Waals surface area contributed by atoms with Gasteiger partial charge < -0.3 is 25.0 Å². The lowest BCUT2D eigenvalue weighted by Crippen LogP contribution is -2.51. The second kappa shape index (κ2) is 10.8. The topological polar surface area (TPSA) is 167 Å². The number of rotatable bonds is 12. The Kier molecular flexibility index (Phi) is 7.33. The minimum absolute atomic E-state index is 0.00208. The third kappa shape index (κ3) is 5.73. The van der Waals surface area contributed by atoms with Crippen LogP contribution in [0.4, 0.5) is 11.8 Å². The number of nitrogens with zero attached hydrogens (tertiary/aromatic N) is 5. The number of allylic oxidation sites excluding steroid dienone is 1. The van der Waals surface area contributed by atoms with Crippen molar-refractivity contribution in [1.29, 1.82) is 0 Å². The van der Waals surface area contributed by atoms with Gasteiger partial charge in [-0.2, -0.15) is 15.0 Å². The van der Waals surface area contributed by atoms with Crippen LogP contribution in [-0.4, -0.2) is 61.2 Å². The monoisotopic (exact) mass is 583 g/mol. The number of hydrogen-bond acceptors (Lipinski definition) is 11. The summed E-state index contributed by atoms with van der Waals surface area (Å²) < 4.78 is 25.3. The number of fused-ring (bicyclic) bond motifs is 1. The van der Waals surface area contributed by atoms with Crippen LogP contribution in [0.15, 0.2) is 48.8 Å². The molecule has 3 aliphatic carbocycles. The molecule has 3 aromatic rings. The normalized spacial score (nSPS) is 23.4. The first-order valence-electron chi connectivity index (χ1n) is 13.7. The highest BCUT2D eigenvalue weighted by atomic mass is 31.2. The van der Waals surface area contributed by atoms with E-state index < -0.39 is 19.3 Å². The Balaban J connectivity index is 1.11. The summed E-state index contributed by atoms with van der Waals surface area (Å²) in [7, 11) is -3.28. The van der Waals surface area contributed by atoms with E-state index in [1.54, 1.807) is 37.5 Å². The number of aromatic nitrogens is 4. The molecule has 1 unspecified atom stereocenters. The number of carbonyl (C=O) groups excluding carboxylic acids is 1. The number of benzene rings is 1. The summed E-state index contributed by atoms with van der Waals surface area (Å²) in [6, 6.07) is 9.17. The number of nitrogen functional groups attached to an aromatic ring is 1. The van der Waals surface area contributed by atoms with Crippen molar-refractivity contribution in [3.8, 4) is 0 Å². The molecule has 0 radical (unpaired) electrons. The maximum atomic E-state index is 13.5. The summed E-state index contributed by atoms with van der Waals surface area (Å²) in [6.07, 6.45) is 9.98. The Hall–Kier alpha value is -3.35. The number of phosphoric ester groups is 1. The van der Waals surface area contributed by atoms with Crippen molar-refractivity contribution >= 4 is 36.7 Å². The molecule has 218 valence electrons. The Morgan fingerprint density at radius 1 is 1.22 bits per heavy atom. The van der Waals surface area contributed by atoms with Crippen LogP contribution in [0.3, 0.4) is 0 Å². The van der Waals surface area contributed by atoms with E-state index in [1.165, 1.54) is 12.2 Å². The number of anilines is 2. The van der Waals surface area contributed by atoms with Crippen molar-refractivity contribution in [3.63, 3.8) is 0 Å². The number of nitrogens with two attached hydrogens (primary N) is 1. The molecule has 4 atom stereocenters. The maximum absolute atomic E-state index is 13.5. The summed E-state index contributed by atoms with van der Waals surface area (Å²) in [4.78, 5) is 42.8. The van der Waals surface area contributed by atoms with E-state index in [-0.39, 0.29) is 30.6 Å². The van der Waals surface area contributed by atoms with Gasteiger partial charge in [-0.05, 0) is 44.6 Å². The second-order valence-corrected chi connectivity index (χ2v) is 12.3. The highest BCUT2D eigenvalue weighted by Gasteiger charge is 2.51. The summed E-state index contributed by atoms with van der Waals surface area (Å²) in [5.41, 5.74) is 6.35. The van der Waals surface area contributed by atoms with Crippen molar-refractivity contribution in [2.24, 2.45) is 5.92 Å². The van der Waals surface area contributed by atoms with E-state index in [1.807, 2.05) is 22.8 Å². The Labute approximate surface area is 237 Å². The quantitative estimate of drug-likeness (QED) is 0.161. The molecule has 0 aliphatic heterocycles. The fraction of sp³-hybridized carbons (Fsp3) is 0.481. The van der Waals surface area contributed by atoms with Crippen LogP contribution in [0, 0.1) is 5.92 Å². The van der Waals surface area contributed by atoms with Gasteiger partial charge in [-0.1, -0.05) is 42.5 Å². The summed E-state index contributed by atoms with van der Waals surface area (Å²) in [5, 5.41) is 4.88. The molecule has 0 bridgehead atoms. The van der Waals surface area contributed by atoms with E-state index in [2.05, 4.69) is 20.3 Å². The molecule has 2 saturated carbocycles. The third-order valence-corrected chi connectivity index (χ3v) is 8.64. The van der Waals surface area contributed by atoms with Gasteiger partial charge in [0.15, 0.2) is 22.5 Å². The Morgan fingerprint density at radius 2 is 1.98 bits per heavy atom. The van der Waals surface area contributed by atoms with Crippen molar-refractivity contribution in [2.75, 3.05) is 24.8 Å². The molecule has 1 aromatic carbocycles. The number of hydroxylamine groups is 2. The average molecular weight is 584 g/mol. The fourth-order valence-electron chi connectivity index (χ4n) is 5.29. The average Bonchev–Trinajstić information content (AvgIpc) is 3.86.